The van der Waals surface area contributed by atoms with Crippen LogP contribution < -0.4 is 5.32 Å². The van der Waals surface area contributed by atoms with Gasteiger partial charge in [0.15, 0.2) is 0 Å². The molecule has 1 amide bonds. The molecule has 1 fully saturated rings. The van der Waals surface area contributed by atoms with Gasteiger partial charge in [0.2, 0.25) is 0 Å². The first-order valence-corrected chi connectivity index (χ1v) is 8.93. The molecule has 2 rings (SSSR count). The second kappa shape index (κ2) is 7.17. The Morgan fingerprint density at radius 1 is 1.32 bits per heavy atom. The zero-order valence-electron chi connectivity index (χ0n) is 13.7. The molecule has 0 saturated carbocycles. The zero-order valence-corrected chi connectivity index (χ0v) is 15.8. The Morgan fingerprint density at radius 3 is 2.55 bits per heavy atom. The van der Waals surface area contributed by atoms with E-state index in [4.69, 9.17) is 4.74 Å². The molecule has 122 valence electrons. The third-order valence-corrected chi connectivity index (χ3v) is 5.24. The van der Waals surface area contributed by atoms with E-state index in [0.717, 1.165) is 13.1 Å². The van der Waals surface area contributed by atoms with E-state index in [2.05, 4.69) is 64.0 Å². The van der Waals surface area contributed by atoms with E-state index in [1.165, 1.54) is 5.56 Å². The molecule has 1 N–H and O–H groups in total. The number of rotatable bonds is 3. The van der Waals surface area contributed by atoms with Crippen molar-refractivity contribution in [2.45, 2.75) is 43.4 Å². The number of hydrogen-bond acceptors (Lipinski definition) is 3. The first-order chi connectivity index (χ1) is 10.3. The van der Waals surface area contributed by atoms with E-state index >= 15 is 0 Å². The summed E-state index contributed by atoms with van der Waals surface area (Å²) in [5.41, 5.74) is 0.842. The monoisotopic (exact) mass is 416 g/mol. The number of carbonyl (C=O) groups is 1. The number of benzene rings is 1. The van der Waals surface area contributed by atoms with E-state index in [0.29, 0.717) is 9.97 Å². The highest BCUT2D eigenvalue weighted by atomic mass is 127. The van der Waals surface area contributed by atoms with Crippen molar-refractivity contribution in [1.29, 1.82) is 0 Å². The minimum absolute atomic E-state index is 0.135. The van der Waals surface area contributed by atoms with Crippen LogP contribution in [0.25, 0.3) is 0 Å². The number of alkyl carbamates (subject to hydrolysis) is 1. The molecule has 1 aromatic carbocycles. The molecule has 0 aromatic heterocycles. The number of likely N-dealkylation sites (tertiary alicyclic amines) is 1. The minimum Gasteiger partial charge on any atom is -0.444 e. The van der Waals surface area contributed by atoms with Gasteiger partial charge in [-0.15, -0.1) is 0 Å². The summed E-state index contributed by atoms with van der Waals surface area (Å²) >= 11 is 2.47. The lowest BCUT2D eigenvalue weighted by Crippen LogP contribution is -2.42. The van der Waals surface area contributed by atoms with Crippen molar-refractivity contribution >= 4 is 28.7 Å². The summed E-state index contributed by atoms with van der Waals surface area (Å²) in [7, 11) is 0. The summed E-state index contributed by atoms with van der Waals surface area (Å²) in [6.45, 7) is 9.65. The van der Waals surface area contributed by atoms with Crippen molar-refractivity contribution in [1.82, 2.24) is 10.2 Å². The number of hydrogen-bond donors (Lipinski definition) is 1. The van der Waals surface area contributed by atoms with Gasteiger partial charge in [0, 0.05) is 19.1 Å². The number of alkyl halides is 1. The first kappa shape index (κ1) is 17.5. The third-order valence-electron chi connectivity index (χ3n) is 3.74. The Bertz CT molecular complexity index is 501. The SMILES string of the molecule is CC1CN(C(I)c2ccccc2)CC1NC(=O)OC(C)(C)C. The molecular weight excluding hydrogens is 391 g/mol. The minimum atomic E-state index is -0.457. The highest BCUT2D eigenvalue weighted by Gasteiger charge is 2.34. The van der Waals surface area contributed by atoms with Crippen molar-refractivity contribution in [3.63, 3.8) is 0 Å². The number of nitrogens with zero attached hydrogens (tertiary/aromatic N) is 1. The van der Waals surface area contributed by atoms with Crippen molar-refractivity contribution < 1.29 is 9.53 Å². The second-order valence-corrected chi connectivity index (χ2v) is 8.11. The summed E-state index contributed by atoms with van der Waals surface area (Å²) in [4.78, 5) is 14.4. The molecule has 4 nitrogen and oxygen atoms in total. The van der Waals surface area contributed by atoms with Gasteiger partial charge in [0.1, 0.15) is 5.60 Å². The summed E-state index contributed by atoms with van der Waals surface area (Å²) in [5, 5.41) is 3.02. The van der Waals surface area contributed by atoms with Gasteiger partial charge in [-0.25, -0.2) is 4.79 Å². The van der Waals surface area contributed by atoms with Crippen LogP contribution in [0.4, 0.5) is 4.79 Å². The molecule has 0 radical (unpaired) electrons. The van der Waals surface area contributed by atoms with Crippen LogP contribution >= 0.6 is 22.6 Å². The Labute approximate surface area is 146 Å². The maximum atomic E-state index is 12.0. The van der Waals surface area contributed by atoms with Gasteiger partial charge in [0.05, 0.1) is 4.05 Å². The predicted octanol–water partition coefficient (Wildman–Crippen LogP) is 3.97. The fourth-order valence-corrected chi connectivity index (χ4v) is 3.53. The fraction of sp³-hybridized carbons (Fsp3) is 0.588. The molecule has 3 atom stereocenters. The van der Waals surface area contributed by atoms with E-state index < -0.39 is 5.60 Å². The molecule has 0 bridgehead atoms. The van der Waals surface area contributed by atoms with E-state index in [1.807, 2.05) is 26.8 Å². The Kier molecular flexibility index (Phi) is 5.71. The van der Waals surface area contributed by atoms with Crippen LogP contribution in [0.1, 0.15) is 37.3 Å². The standard InChI is InChI=1S/C17H25IN2O2/c1-12-10-20(15(18)13-8-6-5-7-9-13)11-14(12)19-16(21)22-17(2,3)4/h5-9,12,14-15H,10-11H2,1-4H3,(H,19,21). The number of nitrogens with one attached hydrogen (secondary N) is 1. The Morgan fingerprint density at radius 2 is 1.95 bits per heavy atom. The smallest absolute Gasteiger partial charge is 0.407 e. The molecule has 1 saturated heterocycles. The van der Waals surface area contributed by atoms with Crippen LogP contribution in [-0.2, 0) is 4.74 Å². The van der Waals surface area contributed by atoms with E-state index in [-0.39, 0.29) is 12.1 Å². The topological polar surface area (TPSA) is 41.6 Å². The normalized spacial score (nSPS) is 24.0. The molecule has 1 aliphatic heterocycles. The molecule has 1 heterocycles. The van der Waals surface area contributed by atoms with Gasteiger partial charge in [0.25, 0.3) is 0 Å². The van der Waals surface area contributed by atoms with Gasteiger partial charge >= 0.3 is 6.09 Å². The Hall–Kier alpha value is -0.820. The Balaban J connectivity index is 1.93. The summed E-state index contributed by atoms with van der Waals surface area (Å²) < 4.78 is 5.68. The lowest BCUT2D eigenvalue weighted by molar-refractivity contribution is 0.0497. The fourth-order valence-electron chi connectivity index (χ4n) is 2.66. The first-order valence-electron chi connectivity index (χ1n) is 7.69. The van der Waals surface area contributed by atoms with Crippen LogP contribution in [0.3, 0.4) is 0 Å². The van der Waals surface area contributed by atoms with Crippen LogP contribution in [-0.4, -0.2) is 35.7 Å². The highest BCUT2D eigenvalue weighted by molar-refractivity contribution is 14.1. The third kappa shape index (κ3) is 4.84. The number of halogens is 1. The summed E-state index contributed by atoms with van der Waals surface area (Å²) in [5.74, 6) is 0.411. The molecule has 3 unspecified atom stereocenters. The van der Waals surface area contributed by atoms with Crippen molar-refractivity contribution in [3.05, 3.63) is 35.9 Å². The lowest BCUT2D eigenvalue weighted by Gasteiger charge is -2.24. The lowest BCUT2D eigenvalue weighted by atomic mass is 10.1. The highest BCUT2D eigenvalue weighted by Crippen LogP contribution is 2.32. The van der Waals surface area contributed by atoms with Gasteiger partial charge in [-0.3, -0.25) is 4.90 Å². The quantitative estimate of drug-likeness (QED) is 0.461. The van der Waals surface area contributed by atoms with E-state index in [9.17, 15) is 4.79 Å². The van der Waals surface area contributed by atoms with Crippen molar-refractivity contribution in [3.8, 4) is 0 Å². The van der Waals surface area contributed by atoms with Gasteiger partial charge in [-0.05, 0) is 32.3 Å². The predicted molar refractivity (Wildman–Crippen MR) is 97.1 cm³/mol. The molecule has 5 heteroatoms. The molecule has 0 spiro atoms. The number of carbonyl (C=O) groups excluding carboxylic acids is 1. The molecular formula is C17H25IN2O2. The number of ether oxygens (including phenoxy) is 1. The summed E-state index contributed by atoms with van der Waals surface area (Å²) in [6.07, 6.45) is -0.323. The number of amides is 1. The van der Waals surface area contributed by atoms with Gasteiger partial charge in [-0.1, -0.05) is 59.8 Å². The van der Waals surface area contributed by atoms with Gasteiger partial charge < -0.3 is 10.1 Å². The second-order valence-electron chi connectivity index (χ2n) is 6.93. The zero-order chi connectivity index (χ0) is 16.3. The van der Waals surface area contributed by atoms with Crippen molar-refractivity contribution in [2.24, 2.45) is 5.92 Å². The largest absolute Gasteiger partial charge is 0.444 e. The molecule has 1 aromatic rings. The van der Waals surface area contributed by atoms with Crippen LogP contribution in [0.15, 0.2) is 30.3 Å². The van der Waals surface area contributed by atoms with Crippen molar-refractivity contribution in [2.75, 3.05) is 13.1 Å². The summed E-state index contributed by atoms with van der Waals surface area (Å²) in [6, 6.07) is 10.6. The molecule has 1 aliphatic rings. The molecule has 22 heavy (non-hydrogen) atoms. The maximum absolute atomic E-state index is 12.0. The van der Waals surface area contributed by atoms with Crippen LogP contribution in [0.5, 0.6) is 0 Å². The van der Waals surface area contributed by atoms with E-state index in [1.54, 1.807) is 0 Å². The maximum Gasteiger partial charge on any atom is 0.407 e. The van der Waals surface area contributed by atoms with Crippen LogP contribution in [0, 0.1) is 5.92 Å². The molecule has 0 aliphatic carbocycles. The average Bonchev–Trinajstić information content (AvgIpc) is 2.78. The van der Waals surface area contributed by atoms with Gasteiger partial charge in [-0.2, -0.15) is 0 Å². The van der Waals surface area contributed by atoms with Crippen LogP contribution in [0.2, 0.25) is 0 Å². The average molecular weight is 416 g/mol.